The molecule has 5 aromatic carbocycles. The van der Waals surface area contributed by atoms with E-state index in [1.54, 1.807) is 0 Å². The lowest BCUT2D eigenvalue weighted by molar-refractivity contribution is 0.0951. The van der Waals surface area contributed by atoms with Crippen LogP contribution in [0.15, 0.2) is 133 Å². The molecule has 0 bridgehead atoms. The topological polar surface area (TPSA) is 47.6 Å². The van der Waals surface area contributed by atoms with Gasteiger partial charge in [0.15, 0.2) is 0 Å². The zero-order valence-corrected chi connectivity index (χ0v) is 20.3. The second kappa shape index (κ2) is 11.7. The highest BCUT2D eigenvalue weighted by atomic mass is 16.5. The molecule has 0 aliphatic heterocycles. The maximum atomic E-state index is 13.4. The third kappa shape index (κ3) is 6.44. The lowest BCUT2D eigenvalue weighted by Gasteiger charge is -2.14. The first-order valence-corrected chi connectivity index (χ1v) is 12.2. The number of hydrogen-bond donors (Lipinski definition) is 1. The van der Waals surface area contributed by atoms with Gasteiger partial charge in [0, 0.05) is 6.54 Å². The maximum Gasteiger partial charge on any atom is 0.252 e. The highest BCUT2D eigenvalue weighted by Crippen LogP contribution is 2.30. The molecule has 5 aromatic rings. The fourth-order valence-electron chi connectivity index (χ4n) is 3.99. The normalized spacial score (nSPS) is 10.5. The van der Waals surface area contributed by atoms with Gasteiger partial charge in [-0.05, 0) is 64.7 Å². The van der Waals surface area contributed by atoms with Crippen LogP contribution in [0.2, 0.25) is 0 Å². The number of hydrogen-bond acceptors (Lipinski definition) is 3. The molecule has 0 atom stereocenters. The molecule has 182 valence electrons. The number of ether oxygens (including phenoxy) is 2. The van der Waals surface area contributed by atoms with Gasteiger partial charge in [-0.25, -0.2) is 0 Å². The lowest BCUT2D eigenvalue weighted by atomic mass is 9.98. The molecule has 4 heteroatoms. The molecule has 37 heavy (non-hydrogen) atoms. The van der Waals surface area contributed by atoms with Crippen molar-refractivity contribution in [3.63, 3.8) is 0 Å². The zero-order chi connectivity index (χ0) is 25.3. The molecular weight excluding hydrogens is 458 g/mol. The van der Waals surface area contributed by atoms with Gasteiger partial charge >= 0.3 is 0 Å². The monoisotopic (exact) mass is 485 g/mol. The van der Waals surface area contributed by atoms with E-state index >= 15 is 0 Å². The third-order valence-corrected chi connectivity index (χ3v) is 5.92. The molecule has 4 nitrogen and oxygen atoms in total. The Bertz CT molecular complexity index is 1430. The van der Waals surface area contributed by atoms with Crippen LogP contribution in [-0.4, -0.2) is 5.91 Å². The predicted molar refractivity (Wildman–Crippen MR) is 147 cm³/mol. The Morgan fingerprint density at radius 3 is 1.84 bits per heavy atom. The number of amides is 1. The van der Waals surface area contributed by atoms with Crippen LogP contribution in [0.1, 0.15) is 21.5 Å². The number of carbonyl (C=O) groups is 1. The first-order valence-electron chi connectivity index (χ1n) is 12.2. The number of benzene rings is 5. The second-order valence-corrected chi connectivity index (χ2v) is 8.59. The van der Waals surface area contributed by atoms with Crippen LogP contribution in [0.3, 0.4) is 0 Å². The number of rotatable bonds is 9. The van der Waals surface area contributed by atoms with E-state index < -0.39 is 0 Å². The summed E-state index contributed by atoms with van der Waals surface area (Å²) in [6.45, 7) is 0.870. The van der Waals surface area contributed by atoms with E-state index in [2.05, 4.69) is 5.32 Å². The Labute approximate surface area is 217 Å². The van der Waals surface area contributed by atoms with Crippen molar-refractivity contribution in [2.45, 2.75) is 13.2 Å². The van der Waals surface area contributed by atoms with Crippen molar-refractivity contribution in [2.75, 3.05) is 0 Å². The van der Waals surface area contributed by atoms with Crippen LogP contribution in [0.4, 0.5) is 0 Å². The standard InChI is InChI=1S/C33H27NO3/c35-33(34-23-25-10-4-1-5-11-25)32-22-30(36-24-26-12-6-2-7-13-26)20-21-31(32)27-16-18-29(19-17-27)37-28-14-8-3-9-15-28/h1-22H,23-24H2,(H,34,35). The largest absolute Gasteiger partial charge is 0.489 e. The Morgan fingerprint density at radius 2 is 1.16 bits per heavy atom. The van der Waals surface area contributed by atoms with Gasteiger partial charge in [0.25, 0.3) is 5.91 Å². The summed E-state index contributed by atoms with van der Waals surface area (Å²) in [5, 5.41) is 3.05. The van der Waals surface area contributed by atoms with Gasteiger partial charge in [-0.2, -0.15) is 0 Å². The highest BCUT2D eigenvalue weighted by molar-refractivity contribution is 6.01. The molecule has 0 radical (unpaired) electrons. The smallest absolute Gasteiger partial charge is 0.252 e. The first-order chi connectivity index (χ1) is 18.2. The van der Waals surface area contributed by atoms with E-state index in [1.165, 1.54) is 0 Å². The average Bonchev–Trinajstić information content (AvgIpc) is 2.97. The first kappa shape index (κ1) is 23.9. The quantitative estimate of drug-likeness (QED) is 0.233. The SMILES string of the molecule is O=C(NCc1ccccc1)c1cc(OCc2ccccc2)ccc1-c1ccc(Oc2ccccc2)cc1. The average molecular weight is 486 g/mol. The van der Waals surface area contributed by atoms with Gasteiger partial charge < -0.3 is 14.8 Å². The Morgan fingerprint density at radius 1 is 0.595 bits per heavy atom. The van der Waals surface area contributed by atoms with Gasteiger partial charge in [0.05, 0.1) is 5.56 Å². The number of carbonyl (C=O) groups excluding carboxylic acids is 1. The fraction of sp³-hybridized carbons (Fsp3) is 0.0606. The molecule has 0 unspecified atom stereocenters. The summed E-state index contributed by atoms with van der Waals surface area (Å²) in [4.78, 5) is 13.4. The van der Waals surface area contributed by atoms with Crippen molar-refractivity contribution in [3.8, 4) is 28.4 Å². The lowest BCUT2D eigenvalue weighted by Crippen LogP contribution is -2.23. The van der Waals surface area contributed by atoms with Crippen LogP contribution >= 0.6 is 0 Å². The van der Waals surface area contributed by atoms with Gasteiger partial charge in [-0.15, -0.1) is 0 Å². The van der Waals surface area contributed by atoms with Crippen molar-refractivity contribution in [1.29, 1.82) is 0 Å². The predicted octanol–water partition coefficient (Wildman–Crippen LogP) is 7.65. The summed E-state index contributed by atoms with van der Waals surface area (Å²) in [6.07, 6.45) is 0. The Balaban J connectivity index is 1.39. The van der Waals surface area contributed by atoms with Gasteiger partial charge in [-0.3, -0.25) is 4.79 Å². The van der Waals surface area contributed by atoms with E-state index in [4.69, 9.17) is 9.47 Å². The van der Waals surface area contributed by atoms with Crippen molar-refractivity contribution in [2.24, 2.45) is 0 Å². The van der Waals surface area contributed by atoms with Crippen molar-refractivity contribution < 1.29 is 14.3 Å². The molecule has 1 N–H and O–H groups in total. The minimum absolute atomic E-state index is 0.159. The van der Waals surface area contributed by atoms with E-state index in [0.29, 0.717) is 24.5 Å². The zero-order valence-electron chi connectivity index (χ0n) is 20.3. The van der Waals surface area contributed by atoms with Crippen LogP contribution in [0, 0.1) is 0 Å². The van der Waals surface area contributed by atoms with E-state index in [9.17, 15) is 4.79 Å². The molecule has 0 aromatic heterocycles. The van der Waals surface area contributed by atoms with E-state index in [1.807, 2.05) is 133 Å². The van der Waals surface area contributed by atoms with E-state index in [-0.39, 0.29) is 5.91 Å². The molecule has 0 aliphatic rings. The summed E-state index contributed by atoms with van der Waals surface area (Å²) < 4.78 is 12.0. The summed E-state index contributed by atoms with van der Waals surface area (Å²) in [5.74, 6) is 1.99. The molecule has 0 saturated carbocycles. The molecule has 0 heterocycles. The van der Waals surface area contributed by atoms with E-state index in [0.717, 1.165) is 33.8 Å². The summed E-state index contributed by atoms with van der Waals surface area (Å²) in [5.41, 5.74) is 4.40. The van der Waals surface area contributed by atoms with Gasteiger partial charge in [0.1, 0.15) is 23.9 Å². The second-order valence-electron chi connectivity index (χ2n) is 8.59. The summed E-state index contributed by atoms with van der Waals surface area (Å²) in [7, 11) is 0. The van der Waals surface area contributed by atoms with Crippen molar-refractivity contribution in [3.05, 3.63) is 150 Å². The molecule has 5 rings (SSSR count). The molecule has 0 spiro atoms. The Hall–Kier alpha value is -4.83. The third-order valence-electron chi connectivity index (χ3n) is 5.92. The molecule has 0 aliphatic carbocycles. The molecular formula is C33H27NO3. The highest BCUT2D eigenvalue weighted by Gasteiger charge is 2.15. The minimum atomic E-state index is -0.159. The van der Waals surface area contributed by atoms with Crippen LogP contribution in [0.5, 0.6) is 17.2 Å². The summed E-state index contributed by atoms with van der Waals surface area (Å²) in [6, 6.07) is 42.9. The van der Waals surface area contributed by atoms with Crippen LogP contribution in [-0.2, 0) is 13.2 Å². The number of para-hydroxylation sites is 1. The Kier molecular flexibility index (Phi) is 7.58. The maximum absolute atomic E-state index is 13.4. The van der Waals surface area contributed by atoms with Crippen LogP contribution in [0.25, 0.3) is 11.1 Å². The molecule has 1 amide bonds. The fourth-order valence-corrected chi connectivity index (χ4v) is 3.99. The minimum Gasteiger partial charge on any atom is -0.489 e. The molecule has 0 fully saturated rings. The molecule has 0 saturated heterocycles. The van der Waals surface area contributed by atoms with Crippen molar-refractivity contribution >= 4 is 5.91 Å². The summed E-state index contributed by atoms with van der Waals surface area (Å²) >= 11 is 0. The van der Waals surface area contributed by atoms with Crippen LogP contribution < -0.4 is 14.8 Å². The van der Waals surface area contributed by atoms with Gasteiger partial charge in [-0.1, -0.05) is 91.0 Å². The van der Waals surface area contributed by atoms with Gasteiger partial charge in [0.2, 0.25) is 0 Å². The number of nitrogens with one attached hydrogen (secondary N) is 1. The van der Waals surface area contributed by atoms with Crippen molar-refractivity contribution in [1.82, 2.24) is 5.32 Å².